The zero-order valence-corrected chi connectivity index (χ0v) is 15.8. The van der Waals surface area contributed by atoms with Gasteiger partial charge >= 0.3 is 5.97 Å². The standard InChI is InChI=1S/C13H21NO9S2/c1-5-21-13(16)9-6-10(14-8(2)15)12(23-25(4,19)20)11(7-9)22-24(3,17)18/h6,10-12H,5,7H2,1-4H3,(H,14,15)/t10-,11+,12+/m0/s1. The summed E-state index contributed by atoms with van der Waals surface area (Å²) in [6.07, 6.45) is -0.141. The lowest BCUT2D eigenvalue weighted by atomic mass is 9.90. The van der Waals surface area contributed by atoms with E-state index in [0.29, 0.717) is 0 Å². The van der Waals surface area contributed by atoms with Gasteiger partial charge in [0.15, 0.2) is 0 Å². The highest BCUT2D eigenvalue weighted by Gasteiger charge is 2.41. The Hall–Kier alpha value is -1.50. The Labute approximate surface area is 146 Å². The number of amides is 1. The average molecular weight is 399 g/mol. The molecule has 1 N–H and O–H groups in total. The molecule has 144 valence electrons. The predicted octanol–water partition coefficient (Wildman–Crippen LogP) is -0.926. The summed E-state index contributed by atoms with van der Waals surface area (Å²) < 4.78 is 60.7. The van der Waals surface area contributed by atoms with Crippen LogP contribution in [-0.2, 0) is 42.9 Å². The van der Waals surface area contributed by atoms with E-state index < -0.39 is 50.4 Å². The van der Waals surface area contributed by atoms with Crippen molar-refractivity contribution in [3.63, 3.8) is 0 Å². The highest BCUT2D eigenvalue weighted by molar-refractivity contribution is 7.86. The average Bonchev–Trinajstić information content (AvgIpc) is 2.38. The number of carbonyl (C=O) groups excluding carboxylic acids is 2. The van der Waals surface area contributed by atoms with Crippen molar-refractivity contribution >= 4 is 32.1 Å². The molecule has 0 aromatic carbocycles. The molecule has 1 aliphatic carbocycles. The highest BCUT2D eigenvalue weighted by Crippen LogP contribution is 2.27. The first kappa shape index (κ1) is 21.5. The van der Waals surface area contributed by atoms with Crippen molar-refractivity contribution in [3.8, 4) is 0 Å². The van der Waals surface area contributed by atoms with E-state index in [9.17, 15) is 26.4 Å². The number of esters is 1. The first-order valence-corrected chi connectivity index (χ1v) is 10.9. The Balaban J connectivity index is 3.32. The van der Waals surface area contributed by atoms with Gasteiger partial charge in [0, 0.05) is 18.9 Å². The van der Waals surface area contributed by atoms with Gasteiger partial charge in [0.2, 0.25) is 5.91 Å². The fourth-order valence-electron chi connectivity index (χ4n) is 2.31. The number of hydrogen-bond acceptors (Lipinski definition) is 9. The van der Waals surface area contributed by atoms with Crippen LogP contribution in [0.15, 0.2) is 11.6 Å². The molecule has 10 nitrogen and oxygen atoms in total. The van der Waals surface area contributed by atoms with Gasteiger partial charge in [0.1, 0.15) is 12.2 Å². The summed E-state index contributed by atoms with van der Waals surface area (Å²) in [6.45, 7) is 2.85. The van der Waals surface area contributed by atoms with E-state index in [0.717, 1.165) is 12.5 Å². The van der Waals surface area contributed by atoms with E-state index in [1.54, 1.807) is 6.92 Å². The summed E-state index contributed by atoms with van der Waals surface area (Å²) in [5.41, 5.74) is 0.0441. The molecule has 0 saturated carbocycles. The first-order chi connectivity index (χ1) is 11.3. The number of nitrogens with one attached hydrogen (secondary N) is 1. The van der Waals surface area contributed by atoms with Crippen LogP contribution in [0.1, 0.15) is 20.3 Å². The van der Waals surface area contributed by atoms with Crippen LogP contribution in [0, 0.1) is 0 Å². The van der Waals surface area contributed by atoms with Crippen molar-refractivity contribution in [2.75, 3.05) is 19.1 Å². The molecule has 3 atom stereocenters. The van der Waals surface area contributed by atoms with Crippen LogP contribution in [0.25, 0.3) is 0 Å². The minimum atomic E-state index is -4.00. The van der Waals surface area contributed by atoms with Crippen LogP contribution in [0.4, 0.5) is 0 Å². The lowest BCUT2D eigenvalue weighted by molar-refractivity contribution is -0.139. The topological polar surface area (TPSA) is 142 Å². The Morgan fingerprint density at radius 1 is 1.16 bits per heavy atom. The molecule has 0 heterocycles. The number of ether oxygens (including phenoxy) is 1. The number of rotatable bonds is 7. The van der Waals surface area contributed by atoms with Crippen LogP contribution in [-0.4, -0.2) is 66.1 Å². The summed E-state index contributed by atoms with van der Waals surface area (Å²) >= 11 is 0. The molecule has 1 aliphatic rings. The van der Waals surface area contributed by atoms with Crippen molar-refractivity contribution in [1.82, 2.24) is 5.32 Å². The maximum atomic E-state index is 12.0. The van der Waals surface area contributed by atoms with Crippen molar-refractivity contribution in [3.05, 3.63) is 11.6 Å². The van der Waals surface area contributed by atoms with Crippen molar-refractivity contribution in [1.29, 1.82) is 0 Å². The Morgan fingerprint density at radius 2 is 1.72 bits per heavy atom. The molecule has 0 aliphatic heterocycles. The second kappa shape index (κ2) is 8.25. The number of carbonyl (C=O) groups is 2. The lowest BCUT2D eigenvalue weighted by Crippen LogP contribution is -2.53. The van der Waals surface area contributed by atoms with Crippen molar-refractivity contribution in [2.24, 2.45) is 0 Å². The van der Waals surface area contributed by atoms with E-state index in [-0.39, 0.29) is 18.6 Å². The van der Waals surface area contributed by atoms with Gasteiger partial charge in [-0.05, 0) is 13.0 Å². The molecule has 1 rings (SSSR count). The van der Waals surface area contributed by atoms with Crippen LogP contribution in [0.2, 0.25) is 0 Å². The van der Waals surface area contributed by atoms with E-state index in [1.165, 1.54) is 13.0 Å². The summed E-state index contributed by atoms with van der Waals surface area (Å²) in [6, 6.07) is -1.10. The Kier molecular flexibility index (Phi) is 7.11. The molecule has 0 spiro atoms. The molecular formula is C13H21NO9S2. The Bertz CT molecular complexity index is 754. The molecule has 25 heavy (non-hydrogen) atoms. The second-order valence-electron chi connectivity index (χ2n) is 5.45. The lowest BCUT2D eigenvalue weighted by Gasteiger charge is -2.34. The zero-order chi connectivity index (χ0) is 19.4. The summed E-state index contributed by atoms with van der Waals surface area (Å²) in [5, 5.41) is 2.41. The van der Waals surface area contributed by atoms with Gasteiger partial charge in [0.05, 0.1) is 25.2 Å². The molecule has 1 amide bonds. The van der Waals surface area contributed by atoms with E-state index in [2.05, 4.69) is 5.32 Å². The van der Waals surface area contributed by atoms with Gasteiger partial charge in [-0.1, -0.05) is 0 Å². The van der Waals surface area contributed by atoms with E-state index in [1.807, 2.05) is 0 Å². The fraction of sp³-hybridized carbons (Fsp3) is 0.692. The fourth-order valence-corrected chi connectivity index (χ4v) is 3.59. The predicted molar refractivity (Wildman–Crippen MR) is 86.4 cm³/mol. The van der Waals surface area contributed by atoms with Gasteiger partial charge < -0.3 is 10.1 Å². The molecule has 0 aromatic heterocycles. The van der Waals surface area contributed by atoms with Gasteiger partial charge in [-0.15, -0.1) is 0 Å². The quantitative estimate of drug-likeness (QED) is 0.424. The summed E-state index contributed by atoms with van der Waals surface area (Å²) in [4.78, 5) is 23.4. The minimum Gasteiger partial charge on any atom is -0.463 e. The van der Waals surface area contributed by atoms with E-state index in [4.69, 9.17) is 13.1 Å². The SMILES string of the molecule is CCOC(=O)C1=C[C@H](NC(C)=O)[C@@H](OS(C)(=O)=O)[C@H](OS(C)(=O)=O)C1. The number of hydrogen-bond donors (Lipinski definition) is 1. The maximum Gasteiger partial charge on any atom is 0.333 e. The van der Waals surface area contributed by atoms with Crippen LogP contribution < -0.4 is 5.32 Å². The van der Waals surface area contributed by atoms with Crippen LogP contribution >= 0.6 is 0 Å². The Morgan fingerprint density at radius 3 is 2.16 bits per heavy atom. The third-order valence-corrected chi connectivity index (χ3v) is 4.18. The summed E-state index contributed by atoms with van der Waals surface area (Å²) in [5.74, 6) is -1.26. The maximum absolute atomic E-state index is 12.0. The highest BCUT2D eigenvalue weighted by atomic mass is 32.2. The summed E-state index contributed by atoms with van der Waals surface area (Å²) in [7, 11) is -7.99. The van der Waals surface area contributed by atoms with Gasteiger partial charge in [0.25, 0.3) is 20.2 Å². The first-order valence-electron chi connectivity index (χ1n) is 7.24. The molecule has 0 radical (unpaired) electrons. The third kappa shape index (κ3) is 7.50. The molecule has 0 bridgehead atoms. The monoisotopic (exact) mass is 399 g/mol. The smallest absolute Gasteiger partial charge is 0.333 e. The third-order valence-electron chi connectivity index (χ3n) is 3.01. The van der Waals surface area contributed by atoms with Gasteiger partial charge in [-0.25, -0.2) is 4.79 Å². The molecule has 0 aromatic rings. The molecule has 12 heteroatoms. The molecule has 0 saturated heterocycles. The normalized spacial score (nSPS) is 24.3. The van der Waals surface area contributed by atoms with Crippen LogP contribution in [0.3, 0.4) is 0 Å². The second-order valence-corrected chi connectivity index (χ2v) is 8.65. The van der Waals surface area contributed by atoms with Crippen LogP contribution in [0.5, 0.6) is 0 Å². The minimum absolute atomic E-state index is 0.0441. The van der Waals surface area contributed by atoms with Gasteiger partial charge in [-0.3, -0.25) is 13.2 Å². The van der Waals surface area contributed by atoms with Gasteiger partial charge in [-0.2, -0.15) is 16.8 Å². The molecule has 0 fully saturated rings. The molecular weight excluding hydrogens is 378 g/mol. The van der Waals surface area contributed by atoms with E-state index >= 15 is 0 Å². The molecule has 0 unspecified atom stereocenters. The van der Waals surface area contributed by atoms with Crippen molar-refractivity contribution < 1.29 is 39.5 Å². The largest absolute Gasteiger partial charge is 0.463 e. The zero-order valence-electron chi connectivity index (χ0n) is 14.2. The van der Waals surface area contributed by atoms with Crippen molar-refractivity contribution in [2.45, 2.75) is 38.5 Å².